The van der Waals surface area contributed by atoms with E-state index in [1.807, 2.05) is 49.4 Å². The van der Waals surface area contributed by atoms with Crippen LogP contribution in [0, 0.1) is 20.8 Å². The lowest BCUT2D eigenvalue weighted by atomic mass is 10.1. The van der Waals surface area contributed by atoms with Crippen LogP contribution < -0.4 is 19.5 Å². The largest absolute Gasteiger partial charge is 0.497 e. The van der Waals surface area contributed by atoms with Crippen molar-refractivity contribution in [3.8, 4) is 11.5 Å². The molecule has 3 rings (SSSR count). The van der Waals surface area contributed by atoms with Crippen molar-refractivity contribution in [2.75, 3.05) is 19.5 Å². The molecule has 0 radical (unpaired) electrons. The van der Waals surface area contributed by atoms with Crippen molar-refractivity contribution in [1.29, 1.82) is 0 Å². The zero-order chi connectivity index (χ0) is 24.9. The summed E-state index contributed by atoms with van der Waals surface area (Å²) in [5.41, 5.74) is 3.46. The van der Waals surface area contributed by atoms with E-state index in [1.165, 1.54) is 14.2 Å². The molecule has 3 aromatic carbocycles. The molecule has 0 spiro atoms. The number of hydrogen-bond acceptors (Lipinski definition) is 5. The molecule has 180 valence electrons. The molecule has 34 heavy (non-hydrogen) atoms. The van der Waals surface area contributed by atoms with Crippen LogP contribution in [0.2, 0.25) is 0 Å². The van der Waals surface area contributed by atoms with E-state index in [0.717, 1.165) is 11.1 Å². The van der Waals surface area contributed by atoms with E-state index in [-0.39, 0.29) is 11.3 Å². The van der Waals surface area contributed by atoms with E-state index in [0.29, 0.717) is 28.3 Å². The average Bonchev–Trinajstić information content (AvgIpc) is 2.78. The van der Waals surface area contributed by atoms with Crippen LogP contribution in [-0.4, -0.2) is 34.6 Å². The van der Waals surface area contributed by atoms with Crippen molar-refractivity contribution in [3.63, 3.8) is 0 Å². The third kappa shape index (κ3) is 5.95. The average molecular weight is 483 g/mol. The van der Waals surface area contributed by atoms with E-state index in [9.17, 15) is 13.2 Å². The lowest BCUT2D eigenvalue weighted by Crippen LogP contribution is -2.45. The Morgan fingerprint density at radius 3 is 2.15 bits per heavy atom. The van der Waals surface area contributed by atoms with Crippen molar-refractivity contribution in [1.82, 2.24) is 4.72 Å². The number of methoxy groups -OCH3 is 2. The molecule has 0 aliphatic carbocycles. The van der Waals surface area contributed by atoms with Gasteiger partial charge in [-0.1, -0.05) is 48.0 Å². The van der Waals surface area contributed by atoms with Crippen LogP contribution in [0.1, 0.15) is 22.3 Å². The van der Waals surface area contributed by atoms with E-state index in [2.05, 4.69) is 10.0 Å². The van der Waals surface area contributed by atoms with Gasteiger partial charge in [-0.3, -0.25) is 4.79 Å². The van der Waals surface area contributed by atoms with Crippen molar-refractivity contribution in [2.45, 2.75) is 38.1 Å². The highest BCUT2D eigenvalue weighted by Crippen LogP contribution is 2.29. The van der Waals surface area contributed by atoms with Crippen LogP contribution in [0.3, 0.4) is 0 Å². The summed E-state index contributed by atoms with van der Waals surface area (Å²) in [6.07, 6.45) is 0.175. The molecule has 1 atom stereocenters. The second kappa shape index (κ2) is 10.7. The monoisotopic (exact) mass is 482 g/mol. The number of carbonyl (C=O) groups excluding carboxylic acids is 1. The van der Waals surface area contributed by atoms with Crippen molar-refractivity contribution >= 4 is 21.6 Å². The van der Waals surface area contributed by atoms with Gasteiger partial charge >= 0.3 is 0 Å². The lowest BCUT2D eigenvalue weighted by molar-refractivity contribution is -0.117. The summed E-state index contributed by atoms with van der Waals surface area (Å²) in [4.78, 5) is 13.5. The van der Waals surface area contributed by atoms with Gasteiger partial charge in [0.1, 0.15) is 17.5 Å². The number of ether oxygens (including phenoxy) is 2. The molecule has 0 saturated heterocycles. The number of amides is 1. The molecule has 0 bridgehead atoms. The first-order valence-electron chi connectivity index (χ1n) is 10.8. The fraction of sp³-hybridized carbons (Fsp3) is 0.269. The first-order valence-corrected chi connectivity index (χ1v) is 12.3. The first kappa shape index (κ1) is 25.3. The second-order valence-corrected chi connectivity index (χ2v) is 9.80. The predicted octanol–water partition coefficient (Wildman–Crippen LogP) is 4.16. The normalized spacial score (nSPS) is 12.1. The molecule has 0 aliphatic heterocycles. The fourth-order valence-electron chi connectivity index (χ4n) is 4.00. The number of nitrogens with one attached hydrogen (secondary N) is 2. The summed E-state index contributed by atoms with van der Waals surface area (Å²) >= 11 is 0. The highest BCUT2D eigenvalue weighted by molar-refractivity contribution is 7.89. The van der Waals surface area contributed by atoms with Gasteiger partial charge in [-0.2, -0.15) is 4.72 Å². The molecule has 0 saturated carbocycles. The third-order valence-electron chi connectivity index (χ3n) is 5.44. The Morgan fingerprint density at radius 2 is 1.56 bits per heavy atom. The maximum absolute atomic E-state index is 13.4. The Kier molecular flexibility index (Phi) is 7.96. The zero-order valence-electron chi connectivity index (χ0n) is 20.0. The summed E-state index contributed by atoms with van der Waals surface area (Å²) in [6, 6.07) is 16.8. The number of anilines is 1. The summed E-state index contributed by atoms with van der Waals surface area (Å²) < 4.78 is 40.0. The molecular formula is C26H30N2O5S. The molecule has 7 nitrogen and oxygen atoms in total. The Labute approximate surface area is 201 Å². The molecule has 0 fully saturated rings. The minimum Gasteiger partial charge on any atom is -0.497 e. The SMILES string of the molecule is COc1ccc(NC(=O)[C@@H](Cc2ccccc2)NS(=O)(=O)c2c(C)cc(C)cc2C)c(OC)c1. The van der Waals surface area contributed by atoms with Crippen LogP contribution in [0.25, 0.3) is 0 Å². The fourth-order valence-corrected chi connectivity index (χ4v) is 5.64. The lowest BCUT2D eigenvalue weighted by Gasteiger charge is -2.21. The van der Waals surface area contributed by atoms with Gasteiger partial charge < -0.3 is 14.8 Å². The van der Waals surface area contributed by atoms with Crippen LogP contribution >= 0.6 is 0 Å². The number of aryl methyl sites for hydroxylation is 3. The van der Waals surface area contributed by atoms with Gasteiger partial charge in [0.05, 0.1) is 24.8 Å². The van der Waals surface area contributed by atoms with Gasteiger partial charge in [0.15, 0.2) is 0 Å². The van der Waals surface area contributed by atoms with Gasteiger partial charge in [-0.15, -0.1) is 0 Å². The third-order valence-corrected chi connectivity index (χ3v) is 7.21. The van der Waals surface area contributed by atoms with Crippen LogP contribution in [0.15, 0.2) is 65.6 Å². The number of benzene rings is 3. The number of sulfonamides is 1. The molecule has 0 aromatic heterocycles. The topological polar surface area (TPSA) is 93.7 Å². The molecule has 8 heteroatoms. The quantitative estimate of drug-likeness (QED) is 0.478. The molecule has 0 heterocycles. The summed E-state index contributed by atoms with van der Waals surface area (Å²) in [5, 5.41) is 2.80. The van der Waals surface area contributed by atoms with E-state index < -0.39 is 22.0 Å². The predicted molar refractivity (Wildman–Crippen MR) is 133 cm³/mol. The summed E-state index contributed by atoms with van der Waals surface area (Å²) in [5.74, 6) is 0.472. The van der Waals surface area contributed by atoms with E-state index in [4.69, 9.17) is 9.47 Å². The van der Waals surface area contributed by atoms with Crippen LogP contribution in [0.5, 0.6) is 11.5 Å². The van der Waals surface area contributed by atoms with Gasteiger partial charge in [-0.05, 0) is 56.0 Å². The molecule has 1 amide bonds. The molecule has 3 aromatic rings. The van der Waals surface area contributed by atoms with E-state index >= 15 is 0 Å². The Bertz CT molecular complexity index is 1250. The maximum atomic E-state index is 13.4. The first-order chi connectivity index (χ1) is 16.1. The smallest absolute Gasteiger partial charge is 0.243 e. The van der Waals surface area contributed by atoms with Gasteiger partial charge in [0, 0.05) is 6.07 Å². The Balaban J connectivity index is 1.95. The number of rotatable bonds is 9. The van der Waals surface area contributed by atoms with Crippen molar-refractivity contribution < 1.29 is 22.7 Å². The molecule has 0 aliphatic rings. The number of carbonyl (C=O) groups is 1. The van der Waals surface area contributed by atoms with Gasteiger partial charge in [-0.25, -0.2) is 8.42 Å². The van der Waals surface area contributed by atoms with Gasteiger partial charge in [0.25, 0.3) is 0 Å². The van der Waals surface area contributed by atoms with E-state index in [1.54, 1.807) is 32.0 Å². The van der Waals surface area contributed by atoms with Crippen LogP contribution in [-0.2, 0) is 21.2 Å². The molecular weight excluding hydrogens is 452 g/mol. The van der Waals surface area contributed by atoms with Crippen LogP contribution in [0.4, 0.5) is 5.69 Å². The molecule has 2 N–H and O–H groups in total. The van der Waals surface area contributed by atoms with Gasteiger partial charge in [0.2, 0.25) is 15.9 Å². The second-order valence-electron chi connectivity index (χ2n) is 8.15. The maximum Gasteiger partial charge on any atom is 0.243 e. The summed E-state index contributed by atoms with van der Waals surface area (Å²) in [7, 11) is -0.965. The highest BCUT2D eigenvalue weighted by Gasteiger charge is 2.29. The molecule has 0 unspecified atom stereocenters. The number of hydrogen-bond donors (Lipinski definition) is 2. The minimum atomic E-state index is -3.98. The minimum absolute atomic E-state index is 0.175. The Morgan fingerprint density at radius 1 is 0.912 bits per heavy atom. The zero-order valence-corrected chi connectivity index (χ0v) is 20.8. The highest BCUT2D eigenvalue weighted by atomic mass is 32.2. The Hall–Kier alpha value is -3.36. The summed E-state index contributed by atoms with van der Waals surface area (Å²) in [6.45, 7) is 5.42. The van der Waals surface area contributed by atoms with Crippen molar-refractivity contribution in [2.24, 2.45) is 0 Å². The standard InChI is InChI=1S/C26H30N2O5S/c1-17-13-18(2)25(19(3)14-17)34(30,31)28-23(15-20-9-7-6-8-10-20)26(29)27-22-12-11-21(32-4)16-24(22)33-5/h6-14,16,23,28H,15H2,1-5H3,(H,27,29)/t23-/m1/s1. The van der Waals surface area contributed by atoms with Crippen molar-refractivity contribution in [3.05, 3.63) is 82.9 Å².